The third-order valence-electron chi connectivity index (χ3n) is 4.72. The molecule has 4 unspecified atom stereocenters. The number of aliphatic hydroxyl groups excluding tert-OH is 2. The van der Waals surface area contributed by atoms with E-state index in [0.29, 0.717) is 5.57 Å². The van der Waals surface area contributed by atoms with Gasteiger partial charge in [0, 0.05) is 5.57 Å². The smallest absolute Gasteiger partial charge is 0.339 e. The van der Waals surface area contributed by atoms with Crippen LogP contribution in [0.1, 0.15) is 33.6 Å². The molecule has 2 aliphatic carbocycles. The van der Waals surface area contributed by atoms with Gasteiger partial charge in [-0.3, -0.25) is 0 Å². The van der Waals surface area contributed by atoms with Crippen molar-refractivity contribution in [1.29, 1.82) is 0 Å². The van der Waals surface area contributed by atoms with Crippen LogP contribution in [0.4, 0.5) is 0 Å². The van der Waals surface area contributed by atoms with E-state index in [1.54, 1.807) is 0 Å². The Hall–Kier alpha value is -1.13. The van der Waals surface area contributed by atoms with Crippen LogP contribution in [-0.2, 0) is 9.53 Å². The number of hydrogen-bond donors (Lipinski definition) is 2. The Bertz CT molecular complexity index is 500. The van der Waals surface area contributed by atoms with Gasteiger partial charge in [0.05, 0.1) is 11.7 Å². The quantitative estimate of drug-likeness (QED) is 0.651. The van der Waals surface area contributed by atoms with Gasteiger partial charge in [-0.2, -0.15) is 0 Å². The molecule has 4 nitrogen and oxygen atoms in total. The molecule has 4 heteroatoms. The van der Waals surface area contributed by atoms with E-state index in [0.717, 1.165) is 12.8 Å². The number of fused-ring (bicyclic) bond motifs is 1. The second-order valence-electron chi connectivity index (χ2n) is 6.80. The van der Waals surface area contributed by atoms with Gasteiger partial charge in [-0.25, -0.2) is 4.79 Å². The molecule has 3 aliphatic rings. The molecule has 1 fully saturated rings. The Labute approximate surface area is 112 Å². The van der Waals surface area contributed by atoms with Gasteiger partial charge in [-0.05, 0) is 30.1 Å². The highest BCUT2D eigenvalue weighted by Gasteiger charge is 2.47. The molecule has 4 atom stereocenters. The third kappa shape index (κ3) is 1.85. The molecule has 1 aliphatic heterocycles. The van der Waals surface area contributed by atoms with Crippen LogP contribution < -0.4 is 0 Å². The van der Waals surface area contributed by atoms with Crippen molar-refractivity contribution in [1.82, 2.24) is 0 Å². The summed E-state index contributed by atoms with van der Waals surface area (Å²) in [5.41, 5.74) is 2.13. The van der Waals surface area contributed by atoms with E-state index >= 15 is 0 Å². The maximum atomic E-state index is 11.7. The van der Waals surface area contributed by atoms with Crippen LogP contribution in [0.15, 0.2) is 22.8 Å². The zero-order chi connectivity index (χ0) is 13.9. The first-order valence-corrected chi connectivity index (χ1v) is 6.82. The summed E-state index contributed by atoms with van der Waals surface area (Å²) in [5, 5.41) is 20.2. The number of aliphatic hydroxyl groups is 2. The van der Waals surface area contributed by atoms with E-state index in [1.807, 2.05) is 13.0 Å². The van der Waals surface area contributed by atoms with Crippen molar-refractivity contribution in [2.24, 2.45) is 17.3 Å². The summed E-state index contributed by atoms with van der Waals surface area (Å²) >= 11 is 0. The molecule has 2 N–H and O–H groups in total. The summed E-state index contributed by atoms with van der Waals surface area (Å²) in [6.45, 7) is 6.39. The Balaban J connectivity index is 2.10. The van der Waals surface area contributed by atoms with E-state index in [1.165, 1.54) is 5.57 Å². The van der Waals surface area contributed by atoms with E-state index < -0.39 is 18.4 Å². The van der Waals surface area contributed by atoms with Crippen molar-refractivity contribution in [3.8, 4) is 0 Å². The van der Waals surface area contributed by atoms with Gasteiger partial charge in [-0.15, -0.1) is 0 Å². The number of cyclic esters (lactones) is 1. The fourth-order valence-corrected chi connectivity index (χ4v) is 3.77. The van der Waals surface area contributed by atoms with Crippen molar-refractivity contribution >= 4 is 5.97 Å². The monoisotopic (exact) mass is 264 g/mol. The van der Waals surface area contributed by atoms with Gasteiger partial charge in [0.15, 0.2) is 0 Å². The zero-order valence-corrected chi connectivity index (χ0v) is 11.5. The van der Waals surface area contributed by atoms with Crippen molar-refractivity contribution in [3.05, 3.63) is 22.8 Å². The first-order valence-electron chi connectivity index (χ1n) is 6.82. The topological polar surface area (TPSA) is 66.8 Å². The second-order valence-corrected chi connectivity index (χ2v) is 6.80. The molecule has 1 saturated carbocycles. The Morgan fingerprint density at radius 3 is 2.74 bits per heavy atom. The minimum atomic E-state index is -1.22. The molecular weight excluding hydrogens is 244 g/mol. The number of allylic oxidation sites excluding steroid dienone is 1. The van der Waals surface area contributed by atoms with Gasteiger partial charge in [0.25, 0.3) is 0 Å². The van der Waals surface area contributed by atoms with Gasteiger partial charge in [0.2, 0.25) is 6.29 Å². The molecule has 0 radical (unpaired) electrons. The minimum Gasteiger partial charge on any atom is -0.428 e. The lowest BCUT2D eigenvalue weighted by molar-refractivity contribution is -0.152. The zero-order valence-electron chi connectivity index (χ0n) is 11.5. The maximum Gasteiger partial charge on any atom is 0.339 e. The number of esters is 1. The molecule has 0 bridgehead atoms. The molecule has 0 aromatic heterocycles. The van der Waals surface area contributed by atoms with Crippen molar-refractivity contribution in [2.75, 3.05) is 0 Å². The average Bonchev–Trinajstić information content (AvgIpc) is 2.72. The minimum absolute atomic E-state index is 0.0293. The lowest BCUT2D eigenvalue weighted by atomic mass is 9.82. The highest BCUT2D eigenvalue weighted by atomic mass is 16.6. The van der Waals surface area contributed by atoms with E-state index in [-0.39, 0.29) is 22.8 Å². The number of carbonyl (C=O) groups is 1. The van der Waals surface area contributed by atoms with Crippen LogP contribution in [0.25, 0.3) is 0 Å². The Morgan fingerprint density at radius 2 is 2.05 bits per heavy atom. The fourth-order valence-electron chi connectivity index (χ4n) is 3.77. The summed E-state index contributed by atoms with van der Waals surface area (Å²) in [6.07, 6.45) is 1.75. The Morgan fingerprint density at radius 1 is 1.37 bits per heavy atom. The largest absolute Gasteiger partial charge is 0.428 e. The molecule has 0 saturated heterocycles. The molecule has 0 aromatic rings. The summed E-state index contributed by atoms with van der Waals surface area (Å²) < 4.78 is 4.82. The maximum absolute atomic E-state index is 11.7. The summed E-state index contributed by atoms with van der Waals surface area (Å²) in [7, 11) is 0. The van der Waals surface area contributed by atoms with E-state index in [4.69, 9.17) is 4.74 Å². The molecule has 104 valence electrons. The van der Waals surface area contributed by atoms with Crippen molar-refractivity contribution in [2.45, 2.75) is 46.0 Å². The second kappa shape index (κ2) is 3.93. The van der Waals surface area contributed by atoms with Gasteiger partial charge in [0.1, 0.15) is 0 Å². The van der Waals surface area contributed by atoms with Crippen LogP contribution in [0, 0.1) is 17.3 Å². The average molecular weight is 264 g/mol. The van der Waals surface area contributed by atoms with Crippen LogP contribution in [0.2, 0.25) is 0 Å². The van der Waals surface area contributed by atoms with Crippen molar-refractivity contribution in [3.63, 3.8) is 0 Å². The summed E-state index contributed by atoms with van der Waals surface area (Å²) in [4.78, 5) is 11.7. The molecule has 0 spiro atoms. The summed E-state index contributed by atoms with van der Waals surface area (Å²) in [5.74, 6) is -0.341. The first-order chi connectivity index (χ1) is 8.80. The molecule has 0 aromatic carbocycles. The van der Waals surface area contributed by atoms with Gasteiger partial charge >= 0.3 is 5.97 Å². The Kier molecular flexibility index (Phi) is 2.67. The molecule has 19 heavy (non-hydrogen) atoms. The molecule has 0 amide bonds. The van der Waals surface area contributed by atoms with E-state index in [9.17, 15) is 15.0 Å². The number of ether oxygens (including phenoxy) is 1. The van der Waals surface area contributed by atoms with Crippen LogP contribution in [-0.4, -0.2) is 28.6 Å². The third-order valence-corrected chi connectivity index (χ3v) is 4.72. The first kappa shape index (κ1) is 12.9. The summed E-state index contributed by atoms with van der Waals surface area (Å²) in [6, 6.07) is 0. The number of rotatable bonds is 0. The lowest BCUT2D eigenvalue weighted by Crippen LogP contribution is -2.29. The van der Waals surface area contributed by atoms with Gasteiger partial charge in [-0.1, -0.05) is 32.4 Å². The van der Waals surface area contributed by atoms with Crippen LogP contribution in [0.3, 0.4) is 0 Å². The molecular formula is C15H20O4. The normalized spacial score (nSPS) is 40.5. The highest BCUT2D eigenvalue weighted by molar-refractivity contribution is 5.94. The molecule has 3 rings (SSSR count). The van der Waals surface area contributed by atoms with E-state index in [2.05, 4.69) is 13.8 Å². The number of hydrogen-bond acceptors (Lipinski definition) is 4. The fraction of sp³-hybridized carbons (Fsp3) is 0.667. The molecule has 1 heterocycles. The van der Waals surface area contributed by atoms with Crippen LogP contribution in [0.5, 0.6) is 0 Å². The predicted molar refractivity (Wildman–Crippen MR) is 68.9 cm³/mol. The predicted octanol–water partition coefficient (Wildman–Crippen LogP) is 1.53. The standard InChI is InChI=1S/C15H20O4/c1-7-10-6-15(2,3)5-8(10)4-9-11(12(7)16)14(18)19-13(9)17/h4,7,10,12-13,16-17H,5-6H2,1-3H3. The highest BCUT2D eigenvalue weighted by Crippen LogP contribution is 2.51. The van der Waals surface area contributed by atoms with Crippen LogP contribution >= 0.6 is 0 Å². The van der Waals surface area contributed by atoms with Crippen molar-refractivity contribution < 1.29 is 19.7 Å². The number of carbonyl (C=O) groups excluding carboxylic acids is 1. The SMILES string of the molecule is CC1C(O)C2=C(C=C3CC(C)(C)CC31)C(O)OC2=O. The van der Waals surface area contributed by atoms with Gasteiger partial charge < -0.3 is 14.9 Å². The lowest BCUT2D eigenvalue weighted by Gasteiger charge is -2.25.